The van der Waals surface area contributed by atoms with E-state index in [9.17, 15) is 14.4 Å². The average molecular weight is 453 g/mol. The first-order valence-corrected chi connectivity index (χ1v) is 12.8. The SMILES string of the molecule is C=C1C(=O)[C@@]23CC[C@@H](CC2[C@]2(CC)CCC[C@@](C)(COC(=O)c4cccs4)C12)C(=C)C3=O. The molecule has 1 aromatic rings. The molecule has 0 N–H and O–H groups in total. The van der Waals surface area contributed by atoms with Crippen LogP contribution in [0.2, 0.25) is 0 Å². The summed E-state index contributed by atoms with van der Waals surface area (Å²) < 4.78 is 5.82. The lowest BCUT2D eigenvalue weighted by atomic mass is 9.34. The lowest BCUT2D eigenvalue weighted by Gasteiger charge is -2.67. The second kappa shape index (κ2) is 7.24. The molecule has 5 saturated carbocycles. The molecule has 1 aromatic heterocycles. The Morgan fingerprint density at radius 2 is 1.94 bits per heavy atom. The molecule has 0 amide bonds. The smallest absolute Gasteiger partial charge is 0.348 e. The molecule has 0 saturated heterocycles. The molecule has 2 bridgehead atoms. The van der Waals surface area contributed by atoms with Crippen LogP contribution in [0.3, 0.4) is 0 Å². The fourth-order valence-corrected chi connectivity index (χ4v) is 8.80. The largest absolute Gasteiger partial charge is 0.461 e. The van der Waals surface area contributed by atoms with Crippen LogP contribution in [0.5, 0.6) is 0 Å². The Kier molecular flexibility index (Phi) is 4.94. The molecule has 0 radical (unpaired) electrons. The van der Waals surface area contributed by atoms with Crippen molar-refractivity contribution >= 4 is 28.9 Å². The molecule has 0 aromatic carbocycles. The number of carbonyl (C=O) groups excluding carboxylic acids is 3. The van der Waals surface area contributed by atoms with Gasteiger partial charge in [-0.15, -0.1) is 11.3 Å². The molecule has 2 unspecified atom stereocenters. The van der Waals surface area contributed by atoms with Crippen molar-refractivity contribution in [3.05, 3.63) is 46.7 Å². The zero-order valence-corrected chi connectivity index (χ0v) is 19.9. The highest BCUT2D eigenvalue weighted by Gasteiger charge is 2.72. The van der Waals surface area contributed by atoms with Crippen molar-refractivity contribution in [3.63, 3.8) is 0 Å². The van der Waals surface area contributed by atoms with Gasteiger partial charge in [-0.1, -0.05) is 39.5 Å². The number of ether oxygens (including phenoxy) is 1. The highest BCUT2D eigenvalue weighted by atomic mass is 32.1. The number of thiophene rings is 1. The third-order valence-electron chi connectivity index (χ3n) is 9.51. The number of rotatable bonds is 4. The zero-order valence-electron chi connectivity index (χ0n) is 19.1. The highest BCUT2D eigenvalue weighted by Crippen LogP contribution is 2.72. The normalized spacial score (nSPS) is 40.8. The summed E-state index contributed by atoms with van der Waals surface area (Å²) in [5.74, 6) is -0.220. The summed E-state index contributed by atoms with van der Waals surface area (Å²) in [6.45, 7) is 13.1. The van der Waals surface area contributed by atoms with E-state index in [0.717, 1.165) is 38.5 Å². The van der Waals surface area contributed by atoms with Gasteiger partial charge in [0.25, 0.3) is 0 Å². The Morgan fingerprint density at radius 1 is 1.19 bits per heavy atom. The number of ketones is 2. The van der Waals surface area contributed by atoms with Crippen LogP contribution in [0.25, 0.3) is 0 Å². The summed E-state index contributed by atoms with van der Waals surface area (Å²) in [6.07, 6.45) is 6.17. The van der Waals surface area contributed by atoms with Crippen molar-refractivity contribution in [2.24, 2.45) is 34.0 Å². The van der Waals surface area contributed by atoms with Gasteiger partial charge in [0, 0.05) is 11.3 Å². The Morgan fingerprint density at radius 3 is 2.62 bits per heavy atom. The first-order chi connectivity index (χ1) is 15.2. The minimum atomic E-state index is -0.957. The lowest BCUT2D eigenvalue weighted by molar-refractivity contribution is -0.181. The van der Waals surface area contributed by atoms with Gasteiger partial charge in [-0.2, -0.15) is 0 Å². The number of hydrogen-bond acceptors (Lipinski definition) is 5. The molecule has 32 heavy (non-hydrogen) atoms. The summed E-state index contributed by atoms with van der Waals surface area (Å²) in [5.41, 5.74) is -0.253. The fraction of sp³-hybridized carbons (Fsp3) is 0.593. The van der Waals surface area contributed by atoms with Crippen molar-refractivity contribution in [2.45, 2.75) is 58.8 Å². The summed E-state index contributed by atoms with van der Waals surface area (Å²) in [7, 11) is 0. The molecule has 170 valence electrons. The van der Waals surface area contributed by atoms with Gasteiger partial charge in [0.15, 0.2) is 11.6 Å². The second-order valence-electron chi connectivity index (χ2n) is 10.8. The summed E-state index contributed by atoms with van der Waals surface area (Å²) in [5, 5.41) is 1.87. The predicted octanol–water partition coefficient (Wildman–Crippen LogP) is 5.79. The molecule has 6 atom stereocenters. The molecule has 5 heteroatoms. The quantitative estimate of drug-likeness (QED) is 0.330. The van der Waals surface area contributed by atoms with Crippen LogP contribution < -0.4 is 0 Å². The van der Waals surface area contributed by atoms with Crippen LogP contribution in [-0.2, 0) is 14.3 Å². The zero-order chi connectivity index (χ0) is 22.9. The number of carbonyl (C=O) groups is 3. The van der Waals surface area contributed by atoms with E-state index in [1.54, 1.807) is 6.07 Å². The number of Topliss-reactive ketones (excluding diaryl/α,β-unsaturated/α-hetero) is 2. The van der Waals surface area contributed by atoms with Crippen molar-refractivity contribution in [3.8, 4) is 0 Å². The maximum absolute atomic E-state index is 14.0. The summed E-state index contributed by atoms with van der Waals surface area (Å²) in [4.78, 5) is 40.7. The maximum atomic E-state index is 14.0. The predicted molar refractivity (Wildman–Crippen MR) is 124 cm³/mol. The first-order valence-electron chi connectivity index (χ1n) is 11.9. The third-order valence-corrected chi connectivity index (χ3v) is 10.4. The Bertz CT molecular complexity index is 1020. The minimum absolute atomic E-state index is 0.0150. The van der Waals surface area contributed by atoms with Gasteiger partial charge in [-0.05, 0) is 78.4 Å². The topological polar surface area (TPSA) is 60.4 Å². The standard InChI is InChI=1S/C27H32O4S/c1-5-26-11-7-10-25(4,15-31-24(30)19-8-6-13-32-19)21(26)17(3)23(29)27-12-9-18(14-20(26)27)16(2)22(27)28/h6,8,13,18,20-21H,2-3,5,7,9-12,14-15H2,1,4H3/t18-,20?,21?,25-,26-,27-/m0/s1. The van der Waals surface area contributed by atoms with Gasteiger partial charge >= 0.3 is 5.97 Å². The molecular weight excluding hydrogens is 420 g/mol. The van der Waals surface area contributed by atoms with E-state index in [1.165, 1.54) is 11.3 Å². The van der Waals surface area contributed by atoms with E-state index < -0.39 is 5.41 Å². The summed E-state index contributed by atoms with van der Waals surface area (Å²) in [6, 6.07) is 3.62. The van der Waals surface area contributed by atoms with Gasteiger partial charge in [-0.3, -0.25) is 9.59 Å². The molecule has 1 heterocycles. The molecule has 5 aliphatic carbocycles. The van der Waals surface area contributed by atoms with Crippen LogP contribution in [0.4, 0.5) is 0 Å². The lowest BCUT2D eigenvalue weighted by Crippen LogP contribution is -2.68. The molecule has 5 aliphatic rings. The van der Waals surface area contributed by atoms with Crippen LogP contribution in [0, 0.1) is 34.0 Å². The Balaban J connectivity index is 1.54. The molecule has 5 fully saturated rings. The van der Waals surface area contributed by atoms with Gasteiger partial charge in [-0.25, -0.2) is 4.79 Å². The van der Waals surface area contributed by atoms with Gasteiger partial charge in [0.2, 0.25) is 0 Å². The van der Waals surface area contributed by atoms with Gasteiger partial charge in [0.1, 0.15) is 4.88 Å². The van der Waals surface area contributed by atoms with E-state index >= 15 is 0 Å². The third kappa shape index (κ3) is 2.63. The first kappa shape index (κ1) is 21.8. The van der Waals surface area contributed by atoms with E-state index in [-0.39, 0.29) is 52.7 Å². The molecule has 1 spiro atoms. The Labute approximate surface area is 194 Å². The average Bonchev–Trinajstić information content (AvgIpc) is 3.34. The fourth-order valence-electron chi connectivity index (χ4n) is 8.18. The second-order valence-corrected chi connectivity index (χ2v) is 11.7. The number of hydrogen-bond donors (Lipinski definition) is 0. The van der Waals surface area contributed by atoms with Crippen LogP contribution in [0.15, 0.2) is 41.8 Å². The number of esters is 1. The van der Waals surface area contributed by atoms with Crippen LogP contribution >= 0.6 is 11.3 Å². The van der Waals surface area contributed by atoms with Crippen molar-refractivity contribution in [1.82, 2.24) is 0 Å². The van der Waals surface area contributed by atoms with Gasteiger partial charge in [0.05, 0.1) is 12.0 Å². The van der Waals surface area contributed by atoms with Crippen LogP contribution in [-0.4, -0.2) is 24.1 Å². The Hall–Kier alpha value is -2.01. The maximum Gasteiger partial charge on any atom is 0.348 e. The monoisotopic (exact) mass is 452 g/mol. The summed E-state index contributed by atoms with van der Waals surface area (Å²) >= 11 is 1.37. The minimum Gasteiger partial charge on any atom is -0.461 e. The molecule has 4 nitrogen and oxygen atoms in total. The number of allylic oxidation sites excluding steroid dienone is 2. The molecule has 0 aliphatic heterocycles. The number of fused-ring (bicyclic) bond motifs is 3. The van der Waals surface area contributed by atoms with E-state index in [1.807, 2.05) is 11.4 Å². The van der Waals surface area contributed by atoms with E-state index in [2.05, 4.69) is 27.0 Å². The van der Waals surface area contributed by atoms with Crippen molar-refractivity contribution in [1.29, 1.82) is 0 Å². The molecule has 6 rings (SSSR count). The van der Waals surface area contributed by atoms with Crippen molar-refractivity contribution in [2.75, 3.05) is 6.61 Å². The van der Waals surface area contributed by atoms with Gasteiger partial charge < -0.3 is 4.74 Å². The van der Waals surface area contributed by atoms with E-state index in [4.69, 9.17) is 4.74 Å². The van der Waals surface area contributed by atoms with E-state index in [0.29, 0.717) is 22.4 Å². The highest BCUT2D eigenvalue weighted by molar-refractivity contribution is 7.11. The van der Waals surface area contributed by atoms with Crippen molar-refractivity contribution < 1.29 is 19.1 Å². The van der Waals surface area contributed by atoms with Crippen LogP contribution in [0.1, 0.15) is 68.5 Å². The molecular formula is C27H32O4S.